The van der Waals surface area contributed by atoms with Crippen molar-refractivity contribution in [3.05, 3.63) is 65.7 Å². The van der Waals surface area contributed by atoms with Crippen molar-refractivity contribution in [1.82, 2.24) is 24.9 Å². The van der Waals surface area contributed by atoms with Gasteiger partial charge in [0.15, 0.2) is 5.58 Å². The number of anilines is 1. The number of hydrogen-bond acceptors (Lipinski definition) is 6. The van der Waals surface area contributed by atoms with E-state index in [1.807, 2.05) is 29.2 Å². The summed E-state index contributed by atoms with van der Waals surface area (Å²) in [4.78, 5) is 21.4. The lowest BCUT2D eigenvalue weighted by atomic mass is 9.89. The normalized spacial score (nSPS) is 18.6. The highest BCUT2D eigenvalue weighted by Crippen LogP contribution is 2.29. The molecule has 1 N–H and O–H groups in total. The third-order valence-electron chi connectivity index (χ3n) is 6.35. The second-order valence-corrected chi connectivity index (χ2v) is 8.44. The number of amides is 1. The highest BCUT2D eigenvalue weighted by atomic mass is 19.1. The fraction of sp³-hybridized carbons (Fsp3) is 0.333. The molecule has 4 aromatic rings. The lowest BCUT2D eigenvalue weighted by Gasteiger charge is -2.40. The molecule has 0 saturated carbocycles. The van der Waals surface area contributed by atoms with E-state index in [1.165, 1.54) is 29.3 Å². The number of aromatic nitrogens is 4. The summed E-state index contributed by atoms with van der Waals surface area (Å²) in [5, 5.41) is 11.6. The van der Waals surface area contributed by atoms with Crippen LogP contribution < -0.4 is 5.32 Å². The van der Waals surface area contributed by atoms with Crippen LogP contribution in [0.5, 0.6) is 0 Å². The maximum atomic E-state index is 14.4. The summed E-state index contributed by atoms with van der Waals surface area (Å²) < 4.78 is 20.2. The van der Waals surface area contributed by atoms with E-state index in [1.54, 1.807) is 6.92 Å². The summed E-state index contributed by atoms with van der Waals surface area (Å²) in [7, 11) is 0. The topological polar surface area (TPSA) is 89.1 Å². The Labute approximate surface area is 190 Å². The van der Waals surface area contributed by atoms with Gasteiger partial charge in [0.1, 0.15) is 17.0 Å². The van der Waals surface area contributed by atoms with Crippen molar-refractivity contribution in [3.8, 4) is 5.69 Å². The molecule has 9 heteroatoms. The van der Waals surface area contributed by atoms with Crippen LogP contribution >= 0.6 is 0 Å². The molecule has 1 aliphatic rings. The van der Waals surface area contributed by atoms with Crippen LogP contribution in [0.3, 0.4) is 0 Å². The predicted molar refractivity (Wildman–Crippen MR) is 122 cm³/mol. The monoisotopic (exact) mass is 448 g/mol. The number of rotatable bonds is 5. The van der Waals surface area contributed by atoms with Gasteiger partial charge in [0.2, 0.25) is 0 Å². The molecule has 170 valence electrons. The third kappa shape index (κ3) is 3.94. The minimum absolute atomic E-state index is 0.0787. The van der Waals surface area contributed by atoms with Gasteiger partial charge >= 0.3 is 0 Å². The molecule has 2 unspecified atom stereocenters. The summed E-state index contributed by atoms with van der Waals surface area (Å²) in [6.45, 7) is 4.89. The number of carbonyl (C=O) groups is 1. The number of nitrogens with one attached hydrogen (secondary N) is 1. The maximum Gasteiger partial charge on any atom is 0.295 e. The number of hydrogen-bond donors (Lipinski definition) is 1. The van der Waals surface area contributed by atoms with Crippen molar-refractivity contribution in [3.63, 3.8) is 0 Å². The molecule has 2 aromatic carbocycles. The SMILES string of the molecule is Cc1c(F)ccc(C(=O)N2CCCC(C)C2CNc2nc3ccccc3o2)c1-n1nccn1. The van der Waals surface area contributed by atoms with Gasteiger partial charge in [-0.15, -0.1) is 0 Å². The van der Waals surface area contributed by atoms with Crippen LogP contribution in [0.4, 0.5) is 10.4 Å². The molecular formula is C24H25FN6O2. The second kappa shape index (κ2) is 8.65. The van der Waals surface area contributed by atoms with Crippen LogP contribution in [0.2, 0.25) is 0 Å². The number of fused-ring (bicyclic) bond motifs is 1. The standard InChI is InChI=1S/C24H25FN6O2/c1-15-6-5-13-30(20(15)14-26-24-29-19-7-3-4-8-21(19)33-24)23(32)17-9-10-18(25)16(2)22(17)31-27-11-12-28-31/h3-4,7-12,15,20H,5-6,13-14H2,1-2H3,(H,26,29). The molecule has 0 spiro atoms. The molecule has 5 rings (SSSR count). The number of nitrogens with zero attached hydrogens (tertiary/aromatic N) is 5. The number of para-hydroxylation sites is 2. The Bertz CT molecular complexity index is 1250. The number of piperidine rings is 1. The van der Waals surface area contributed by atoms with Crippen LogP contribution in [0, 0.1) is 18.7 Å². The van der Waals surface area contributed by atoms with Gasteiger partial charge in [0.25, 0.3) is 11.9 Å². The van der Waals surface area contributed by atoms with Gasteiger partial charge in [-0.1, -0.05) is 19.1 Å². The summed E-state index contributed by atoms with van der Waals surface area (Å²) >= 11 is 0. The van der Waals surface area contributed by atoms with E-state index in [-0.39, 0.29) is 17.9 Å². The lowest BCUT2D eigenvalue weighted by Crippen LogP contribution is -2.51. The molecule has 3 heterocycles. The van der Waals surface area contributed by atoms with Gasteiger partial charge in [-0.3, -0.25) is 4.79 Å². The van der Waals surface area contributed by atoms with Crippen LogP contribution in [-0.2, 0) is 0 Å². The Kier molecular flexibility index (Phi) is 5.53. The maximum absolute atomic E-state index is 14.4. The Hall–Kier alpha value is -3.75. The van der Waals surface area contributed by atoms with Gasteiger partial charge in [0.05, 0.1) is 24.0 Å². The van der Waals surface area contributed by atoms with Gasteiger partial charge in [-0.05, 0) is 49.9 Å². The first-order valence-electron chi connectivity index (χ1n) is 11.1. The zero-order chi connectivity index (χ0) is 22.9. The summed E-state index contributed by atoms with van der Waals surface area (Å²) in [5.74, 6) is -0.297. The number of carbonyl (C=O) groups excluding carboxylic acids is 1. The smallest absolute Gasteiger partial charge is 0.295 e. The third-order valence-corrected chi connectivity index (χ3v) is 6.35. The van der Waals surface area contributed by atoms with Crippen LogP contribution in [0.15, 0.2) is 53.2 Å². The van der Waals surface area contributed by atoms with Crippen molar-refractivity contribution < 1.29 is 13.6 Å². The second-order valence-electron chi connectivity index (χ2n) is 8.44. The predicted octanol–water partition coefficient (Wildman–Crippen LogP) is 4.21. The molecular weight excluding hydrogens is 423 g/mol. The van der Waals surface area contributed by atoms with Gasteiger partial charge < -0.3 is 14.6 Å². The minimum Gasteiger partial charge on any atom is -0.424 e. The average Bonchev–Trinajstić information content (AvgIpc) is 3.49. The van der Waals surface area contributed by atoms with Gasteiger partial charge in [-0.2, -0.15) is 20.0 Å². The number of benzene rings is 2. The van der Waals surface area contributed by atoms with Crippen molar-refractivity contribution in [1.29, 1.82) is 0 Å². The zero-order valence-corrected chi connectivity index (χ0v) is 18.5. The molecule has 0 bridgehead atoms. The molecule has 1 fully saturated rings. The summed E-state index contributed by atoms with van der Waals surface area (Å²) in [6.07, 6.45) is 4.94. The van der Waals surface area contributed by atoms with E-state index in [4.69, 9.17) is 4.42 Å². The Morgan fingerprint density at radius 3 is 2.79 bits per heavy atom. The molecule has 2 atom stereocenters. The lowest BCUT2D eigenvalue weighted by molar-refractivity contribution is 0.0538. The highest BCUT2D eigenvalue weighted by molar-refractivity contribution is 5.98. The molecule has 8 nitrogen and oxygen atoms in total. The molecule has 0 radical (unpaired) electrons. The Balaban J connectivity index is 1.43. The fourth-order valence-electron chi connectivity index (χ4n) is 4.54. The van der Waals surface area contributed by atoms with E-state index < -0.39 is 5.82 Å². The fourth-order valence-corrected chi connectivity index (χ4v) is 4.54. The van der Waals surface area contributed by atoms with E-state index in [0.29, 0.717) is 41.5 Å². The first-order valence-corrected chi connectivity index (χ1v) is 11.1. The molecule has 1 amide bonds. The largest absolute Gasteiger partial charge is 0.424 e. The Morgan fingerprint density at radius 1 is 1.21 bits per heavy atom. The van der Waals surface area contributed by atoms with Crippen LogP contribution in [0.25, 0.3) is 16.8 Å². The summed E-state index contributed by atoms with van der Waals surface area (Å²) in [5.41, 5.74) is 2.58. The number of halogens is 1. The van der Waals surface area contributed by atoms with Crippen LogP contribution in [-0.4, -0.2) is 49.9 Å². The Morgan fingerprint density at radius 2 is 2.00 bits per heavy atom. The van der Waals surface area contributed by atoms with Crippen molar-refractivity contribution in [2.24, 2.45) is 5.92 Å². The zero-order valence-electron chi connectivity index (χ0n) is 18.5. The van der Waals surface area contributed by atoms with E-state index in [0.717, 1.165) is 18.4 Å². The van der Waals surface area contributed by atoms with E-state index in [2.05, 4.69) is 27.4 Å². The molecule has 1 aliphatic heterocycles. The first-order chi connectivity index (χ1) is 16.0. The number of oxazole rings is 1. The van der Waals surface area contributed by atoms with E-state index >= 15 is 0 Å². The summed E-state index contributed by atoms with van der Waals surface area (Å²) in [6, 6.07) is 10.8. The molecule has 2 aromatic heterocycles. The minimum atomic E-state index is -0.403. The average molecular weight is 449 g/mol. The highest BCUT2D eigenvalue weighted by Gasteiger charge is 2.34. The van der Waals surface area contributed by atoms with Crippen molar-refractivity contribution in [2.75, 3.05) is 18.4 Å². The van der Waals surface area contributed by atoms with Crippen molar-refractivity contribution in [2.45, 2.75) is 32.7 Å². The number of likely N-dealkylation sites (tertiary alicyclic amines) is 1. The van der Waals surface area contributed by atoms with E-state index in [9.17, 15) is 9.18 Å². The van der Waals surface area contributed by atoms with Gasteiger partial charge in [0, 0.05) is 18.7 Å². The first kappa shape index (κ1) is 21.1. The molecule has 0 aliphatic carbocycles. The molecule has 1 saturated heterocycles. The molecule has 33 heavy (non-hydrogen) atoms. The van der Waals surface area contributed by atoms with Crippen LogP contribution in [0.1, 0.15) is 35.7 Å². The van der Waals surface area contributed by atoms with Gasteiger partial charge in [-0.25, -0.2) is 4.39 Å². The quantitative estimate of drug-likeness (QED) is 0.492. The van der Waals surface area contributed by atoms with Crippen molar-refractivity contribution >= 4 is 23.0 Å².